The molecule has 1 rings (SSSR count). The predicted molar refractivity (Wildman–Crippen MR) is 66.1 cm³/mol. The molecule has 1 saturated heterocycles. The summed E-state index contributed by atoms with van der Waals surface area (Å²) in [4.78, 5) is 11.4. The van der Waals surface area contributed by atoms with E-state index < -0.39 is 22.4 Å². The summed E-state index contributed by atoms with van der Waals surface area (Å²) in [5.41, 5.74) is -0.631. The molecular formula is C11H21NO4S. The van der Waals surface area contributed by atoms with Crippen molar-refractivity contribution in [3.05, 3.63) is 0 Å². The summed E-state index contributed by atoms with van der Waals surface area (Å²) in [5, 5.41) is 9.33. The third-order valence-electron chi connectivity index (χ3n) is 3.47. The van der Waals surface area contributed by atoms with Gasteiger partial charge in [0.2, 0.25) is 0 Å². The molecule has 1 fully saturated rings. The first-order chi connectivity index (χ1) is 7.98. The normalized spacial score (nSPS) is 21.4. The molecule has 1 unspecified atom stereocenters. The van der Waals surface area contributed by atoms with E-state index in [1.165, 1.54) is 0 Å². The lowest BCUT2D eigenvalue weighted by molar-refractivity contribution is -0.155. The van der Waals surface area contributed by atoms with Crippen molar-refractivity contribution in [3.8, 4) is 0 Å². The predicted octanol–water partition coefficient (Wildman–Crippen LogP) is 0.873. The second kappa shape index (κ2) is 6.47. The van der Waals surface area contributed by atoms with E-state index in [2.05, 4.69) is 0 Å². The van der Waals surface area contributed by atoms with Gasteiger partial charge in [-0.2, -0.15) is 0 Å². The monoisotopic (exact) mass is 263 g/mol. The number of hydrogen-bond acceptors (Lipinski definition) is 3. The number of carboxylic acids is 1. The number of carbonyl (C=O) groups is 1. The Balaban J connectivity index is 2.45. The first-order valence-electron chi connectivity index (χ1n) is 5.84. The van der Waals surface area contributed by atoms with Crippen molar-refractivity contribution < 1.29 is 18.8 Å². The van der Waals surface area contributed by atoms with E-state index in [4.69, 9.17) is 4.74 Å². The minimum atomic E-state index is -0.980. The van der Waals surface area contributed by atoms with E-state index in [9.17, 15) is 14.1 Å². The summed E-state index contributed by atoms with van der Waals surface area (Å²) in [7, 11) is 0.805. The van der Waals surface area contributed by atoms with E-state index in [1.807, 2.05) is 0 Å². The summed E-state index contributed by atoms with van der Waals surface area (Å²) in [5.74, 6) is -0.721. The molecule has 1 atom stereocenters. The van der Waals surface area contributed by atoms with Crippen molar-refractivity contribution in [2.75, 3.05) is 33.1 Å². The Hall–Kier alpha value is -0.460. The largest absolute Gasteiger partial charge is 0.481 e. The average molecular weight is 263 g/mol. The van der Waals surface area contributed by atoms with Gasteiger partial charge in [0.1, 0.15) is 0 Å². The molecular weight excluding hydrogens is 242 g/mol. The molecule has 0 aromatic carbocycles. The maximum Gasteiger partial charge on any atom is 0.309 e. The second-order valence-corrected chi connectivity index (χ2v) is 6.05. The van der Waals surface area contributed by atoms with Gasteiger partial charge in [0, 0.05) is 26.0 Å². The van der Waals surface area contributed by atoms with Crippen LogP contribution in [0.25, 0.3) is 0 Å². The molecule has 0 aromatic heterocycles. The number of hydrogen-bond donors (Lipinski definition) is 1. The van der Waals surface area contributed by atoms with Crippen LogP contribution >= 0.6 is 0 Å². The Labute approximate surface area is 105 Å². The third kappa shape index (κ3) is 4.04. The van der Waals surface area contributed by atoms with Crippen LogP contribution < -0.4 is 0 Å². The van der Waals surface area contributed by atoms with Gasteiger partial charge in [-0.3, -0.25) is 4.79 Å². The van der Waals surface area contributed by atoms with Crippen molar-refractivity contribution in [1.29, 1.82) is 0 Å². The van der Waals surface area contributed by atoms with Gasteiger partial charge in [0.05, 0.1) is 16.4 Å². The number of rotatable bonds is 6. The minimum Gasteiger partial charge on any atom is -0.481 e. The molecule has 5 nitrogen and oxygen atoms in total. The summed E-state index contributed by atoms with van der Waals surface area (Å²) in [6.07, 6.45) is 4.18. The molecule has 0 aromatic rings. The number of ether oxygens (including phenoxy) is 1. The Kier molecular flexibility index (Phi) is 5.55. The Morgan fingerprint density at radius 3 is 2.53 bits per heavy atom. The van der Waals surface area contributed by atoms with E-state index in [0.717, 1.165) is 6.42 Å². The first kappa shape index (κ1) is 14.6. The van der Waals surface area contributed by atoms with Crippen LogP contribution in [0.5, 0.6) is 0 Å². The molecule has 0 amide bonds. The highest BCUT2D eigenvalue weighted by molar-refractivity contribution is 7.81. The van der Waals surface area contributed by atoms with E-state index in [1.54, 1.807) is 17.6 Å². The fourth-order valence-corrected chi connectivity index (χ4v) is 2.49. The molecule has 100 valence electrons. The molecule has 1 aliphatic rings. The highest BCUT2D eigenvalue weighted by Crippen LogP contribution is 2.35. The lowest BCUT2D eigenvalue weighted by Gasteiger charge is -2.33. The molecule has 1 N–H and O–H groups in total. The molecule has 0 bridgehead atoms. The first-order valence-corrected chi connectivity index (χ1v) is 7.35. The van der Waals surface area contributed by atoms with Crippen LogP contribution in [-0.4, -0.2) is 52.7 Å². The SMILES string of the molecule is CN(CCCC1(C(=O)O)CCOCC1)S(C)=O. The summed E-state index contributed by atoms with van der Waals surface area (Å²) >= 11 is 0. The average Bonchev–Trinajstić information content (AvgIpc) is 2.29. The van der Waals surface area contributed by atoms with E-state index >= 15 is 0 Å². The Morgan fingerprint density at radius 1 is 1.47 bits per heavy atom. The fraction of sp³-hybridized carbons (Fsp3) is 0.909. The van der Waals surface area contributed by atoms with Gasteiger partial charge in [-0.25, -0.2) is 8.51 Å². The zero-order chi connectivity index (χ0) is 12.9. The summed E-state index contributed by atoms with van der Waals surface area (Å²) < 4.78 is 18.1. The van der Waals surface area contributed by atoms with Gasteiger partial charge in [-0.15, -0.1) is 0 Å². The van der Waals surface area contributed by atoms with Gasteiger partial charge in [0.25, 0.3) is 0 Å². The van der Waals surface area contributed by atoms with Gasteiger partial charge in [-0.1, -0.05) is 0 Å². The summed E-state index contributed by atoms with van der Waals surface area (Å²) in [6.45, 7) is 1.72. The van der Waals surface area contributed by atoms with Gasteiger partial charge < -0.3 is 9.84 Å². The minimum absolute atomic E-state index is 0.530. The number of carboxylic acid groups (broad SMARTS) is 1. The Bertz CT molecular complexity index is 289. The zero-order valence-corrected chi connectivity index (χ0v) is 11.3. The molecule has 6 heteroatoms. The van der Waals surface area contributed by atoms with Crippen LogP contribution in [0.2, 0.25) is 0 Å². The second-order valence-electron chi connectivity index (χ2n) is 4.58. The maximum atomic E-state index is 11.4. The molecule has 17 heavy (non-hydrogen) atoms. The van der Waals surface area contributed by atoms with Crippen LogP contribution in [0, 0.1) is 5.41 Å². The van der Waals surface area contributed by atoms with Gasteiger partial charge >= 0.3 is 5.97 Å². The highest BCUT2D eigenvalue weighted by Gasteiger charge is 2.39. The van der Waals surface area contributed by atoms with Crippen LogP contribution in [0.3, 0.4) is 0 Å². The molecule has 1 heterocycles. The smallest absolute Gasteiger partial charge is 0.309 e. The van der Waals surface area contributed by atoms with Crippen LogP contribution in [-0.2, 0) is 20.5 Å². The lowest BCUT2D eigenvalue weighted by atomic mass is 9.76. The zero-order valence-electron chi connectivity index (χ0n) is 10.5. The molecule has 0 radical (unpaired) electrons. The van der Waals surface area contributed by atoms with E-state index in [0.29, 0.717) is 39.0 Å². The third-order valence-corrected chi connectivity index (χ3v) is 4.53. The molecule has 0 saturated carbocycles. The van der Waals surface area contributed by atoms with E-state index in [-0.39, 0.29) is 0 Å². The highest BCUT2D eigenvalue weighted by atomic mass is 32.2. The molecule has 0 spiro atoms. The Morgan fingerprint density at radius 2 is 2.06 bits per heavy atom. The maximum absolute atomic E-state index is 11.4. The van der Waals surface area contributed by atoms with Crippen molar-refractivity contribution in [2.45, 2.75) is 25.7 Å². The van der Waals surface area contributed by atoms with Crippen molar-refractivity contribution in [1.82, 2.24) is 4.31 Å². The van der Waals surface area contributed by atoms with Crippen molar-refractivity contribution >= 4 is 17.0 Å². The van der Waals surface area contributed by atoms with Crippen LogP contribution in [0.1, 0.15) is 25.7 Å². The standard InChI is InChI=1S/C11H21NO4S/c1-12(17(2)15)7-3-4-11(10(13)14)5-8-16-9-6-11/h3-9H2,1-2H3,(H,13,14). The quantitative estimate of drug-likeness (QED) is 0.772. The summed E-state index contributed by atoms with van der Waals surface area (Å²) in [6, 6.07) is 0. The van der Waals surface area contributed by atoms with Crippen LogP contribution in [0.4, 0.5) is 0 Å². The molecule has 1 aliphatic heterocycles. The number of nitrogens with zero attached hydrogens (tertiary/aromatic N) is 1. The van der Waals surface area contributed by atoms with Crippen molar-refractivity contribution in [2.24, 2.45) is 5.41 Å². The van der Waals surface area contributed by atoms with Gasteiger partial charge in [-0.05, 0) is 32.7 Å². The fourth-order valence-electron chi connectivity index (χ4n) is 2.10. The topological polar surface area (TPSA) is 66.8 Å². The number of aliphatic carboxylic acids is 1. The van der Waals surface area contributed by atoms with Gasteiger partial charge in [0.15, 0.2) is 0 Å². The lowest BCUT2D eigenvalue weighted by Crippen LogP contribution is -2.38. The van der Waals surface area contributed by atoms with Crippen LogP contribution in [0.15, 0.2) is 0 Å². The molecule has 0 aliphatic carbocycles. The van der Waals surface area contributed by atoms with Crippen molar-refractivity contribution in [3.63, 3.8) is 0 Å².